The average Bonchev–Trinajstić information content (AvgIpc) is 3.36. The molecule has 1 aromatic rings. The van der Waals surface area contributed by atoms with E-state index in [9.17, 15) is 24.6 Å². The number of rotatable bonds is 7. The lowest BCUT2D eigenvalue weighted by atomic mass is 9.46. The number of carbonyl (C=O) groups is 3. The monoisotopic (exact) mass is 545 g/mol. The van der Waals surface area contributed by atoms with E-state index in [1.807, 2.05) is 6.92 Å². The summed E-state index contributed by atoms with van der Waals surface area (Å²) in [7, 11) is 1.55. The molecule has 1 unspecified atom stereocenters. The van der Waals surface area contributed by atoms with E-state index in [4.69, 9.17) is 9.47 Å². The number of methoxy groups -OCH3 is 1. The summed E-state index contributed by atoms with van der Waals surface area (Å²) in [6, 6.07) is 6.96. The maximum atomic E-state index is 13.3. The van der Waals surface area contributed by atoms with Crippen LogP contribution in [0.15, 0.2) is 24.3 Å². The molecule has 3 fully saturated rings. The molecule has 0 aromatic heterocycles. The van der Waals surface area contributed by atoms with Crippen molar-refractivity contribution in [2.75, 3.05) is 32.1 Å². The Labute approximate surface area is 230 Å². The first-order valence-electron chi connectivity index (χ1n) is 14.0. The molecule has 10 nitrogen and oxygen atoms in total. The number of hydrogen-bond acceptors (Lipinski definition) is 7. The lowest BCUT2D eigenvalue weighted by Crippen LogP contribution is -2.61. The Morgan fingerprint density at radius 2 is 1.92 bits per heavy atom. The van der Waals surface area contributed by atoms with Gasteiger partial charge in [-0.1, -0.05) is 19.9 Å². The van der Waals surface area contributed by atoms with Crippen molar-refractivity contribution >= 4 is 23.6 Å². The molecule has 39 heavy (non-hydrogen) atoms. The predicted molar refractivity (Wildman–Crippen MR) is 145 cm³/mol. The van der Waals surface area contributed by atoms with Crippen LogP contribution >= 0.6 is 0 Å². The van der Waals surface area contributed by atoms with Crippen molar-refractivity contribution in [3.63, 3.8) is 0 Å². The van der Waals surface area contributed by atoms with Crippen LogP contribution in [0.1, 0.15) is 59.3 Å². The summed E-state index contributed by atoms with van der Waals surface area (Å²) in [4.78, 5) is 39.4. The molecule has 0 bridgehead atoms. The number of anilines is 1. The van der Waals surface area contributed by atoms with Gasteiger partial charge >= 0.3 is 6.09 Å². The zero-order valence-corrected chi connectivity index (χ0v) is 23.4. The minimum absolute atomic E-state index is 0.0180. The molecule has 7 atom stereocenters. The van der Waals surface area contributed by atoms with Gasteiger partial charge in [0.15, 0.2) is 0 Å². The minimum Gasteiger partial charge on any atom is -0.497 e. The summed E-state index contributed by atoms with van der Waals surface area (Å²) in [5.41, 5.74) is -0.595. The molecule has 4 N–H and O–H groups in total. The van der Waals surface area contributed by atoms with Gasteiger partial charge in [-0.2, -0.15) is 0 Å². The number of hydrogen-bond donors (Lipinski definition) is 4. The van der Waals surface area contributed by atoms with Crippen LogP contribution in [0.2, 0.25) is 0 Å². The van der Waals surface area contributed by atoms with Crippen molar-refractivity contribution in [3.8, 4) is 5.75 Å². The van der Waals surface area contributed by atoms with Crippen molar-refractivity contribution in [2.45, 2.75) is 77.5 Å². The fraction of sp³-hybridized carbons (Fsp3) is 0.690. The molecule has 2 aliphatic carbocycles. The van der Waals surface area contributed by atoms with Crippen LogP contribution in [0, 0.1) is 22.7 Å². The second-order valence-corrected chi connectivity index (χ2v) is 12.0. The lowest BCUT2D eigenvalue weighted by molar-refractivity contribution is -0.186. The van der Waals surface area contributed by atoms with E-state index < -0.39 is 29.1 Å². The molecule has 4 rings (SSSR count). The highest BCUT2D eigenvalue weighted by Crippen LogP contribution is 2.61. The summed E-state index contributed by atoms with van der Waals surface area (Å²) in [5, 5.41) is 27.4. The first-order chi connectivity index (χ1) is 18.5. The number of likely N-dealkylation sites (tertiary alicyclic amines) is 1. The van der Waals surface area contributed by atoms with Gasteiger partial charge in [0.2, 0.25) is 11.8 Å². The predicted octanol–water partition coefficient (Wildman–Crippen LogP) is 2.93. The normalized spacial score (nSPS) is 34.1. The number of aliphatic hydroxyl groups excluding tert-OH is 2. The minimum atomic E-state index is -0.732. The molecule has 0 radical (unpaired) electrons. The van der Waals surface area contributed by atoms with Gasteiger partial charge in [-0.3, -0.25) is 14.9 Å². The fourth-order valence-electron chi connectivity index (χ4n) is 7.47. The smallest absolute Gasteiger partial charge is 0.411 e. The summed E-state index contributed by atoms with van der Waals surface area (Å²) < 4.78 is 11.1. The quantitative estimate of drug-likeness (QED) is 0.413. The largest absolute Gasteiger partial charge is 0.497 e. The fourth-order valence-corrected chi connectivity index (χ4v) is 7.47. The molecular weight excluding hydrogens is 502 g/mol. The Hall–Kier alpha value is -2.85. The van der Waals surface area contributed by atoms with Gasteiger partial charge in [0.25, 0.3) is 0 Å². The molecule has 1 heterocycles. The number of nitrogens with one attached hydrogen (secondary N) is 2. The van der Waals surface area contributed by atoms with Gasteiger partial charge in [0.05, 0.1) is 19.8 Å². The summed E-state index contributed by atoms with van der Waals surface area (Å²) in [5.74, 6) is 0.163. The van der Waals surface area contributed by atoms with Gasteiger partial charge < -0.3 is 29.9 Å². The van der Waals surface area contributed by atoms with Crippen LogP contribution < -0.4 is 15.4 Å². The van der Waals surface area contributed by atoms with Crippen molar-refractivity contribution in [3.05, 3.63) is 24.3 Å². The zero-order chi connectivity index (χ0) is 28.4. The number of ether oxygens (including phenoxy) is 2. The topological polar surface area (TPSA) is 137 Å². The Bertz CT molecular complexity index is 1070. The molecular formula is C29H43N3O7. The summed E-state index contributed by atoms with van der Waals surface area (Å²) in [6.07, 6.45) is 1.56. The van der Waals surface area contributed by atoms with Crippen molar-refractivity contribution in [1.82, 2.24) is 10.2 Å². The van der Waals surface area contributed by atoms with Gasteiger partial charge in [-0.25, -0.2) is 4.79 Å². The number of fused-ring (bicyclic) bond motifs is 1. The maximum absolute atomic E-state index is 13.3. The first kappa shape index (κ1) is 29.1. The highest BCUT2D eigenvalue weighted by Gasteiger charge is 2.60. The molecule has 1 aliphatic heterocycles. The number of amides is 3. The number of benzene rings is 1. The van der Waals surface area contributed by atoms with Crippen LogP contribution in [0.4, 0.5) is 10.5 Å². The Morgan fingerprint density at radius 3 is 2.62 bits per heavy atom. The highest BCUT2D eigenvalue weighted by molar-refractivity contribution is 5.85. The highest BCUT2D eigenvalue weighted by atomic mass is 16.6. The number of aliphatic hydroxyl groups is 2. The van der Waals surface area contributed by atoms with Crippen molar-refractivity contribution < 1.29 is 34.1 Å². The van der Waals surface area contributed by atoms with Gasteiger partial charge in [0, 0.05) is 49.6 Å². The van der Waals surface area contributed by atoms with Crippen LogP contribution in [0.3, 0.4) is 0 Å². The Morgan fingerprint density at radius 1 is 1.15 bits per heavy atom. The third kappa shape index (κ3) is 6.01. The van der Waals surface area contributed by atoms with Crippen LogP contribution in [0.5, 0.6) is 5.75 Å². The number of carbonyl (C=O) groups excluding carboxylic acids is 3. The second-order valence-electron chi connectivity index (χ2n) is 12.0. The third-order valence-corrected chi connectivity index (χ3v) is 9.58. The Kier molecular flexibility index (Phi) is 8.75. The molecule has 3 amide bonds. The second kappa shape index (κ2) is 11.7. The van der Waals surface area contributed by atoms with Crippen LogP contribution in [0.25, 0.3) is 0 Å². The summed E-state index contributed by atoms with van der Waals surface area (Å²) >= 11 is 0. The molecule has 1 aromatic carbocycles. The van der Waals surface area contributed by atoms with Crippen LogP contribution in [-0.2, 0) is 14.3 Å². The zero-order valence-electron chi connectivity index (χ0n) is 23.4. The van der Waals surface area contributed by atoms with E-state index in [1.54, 1.807) is 36.3 Å². The van der Waals surface area contributed by atoms with E-state index in [2.05, 4.69) is 17.6 Å². The van der Waals surface area contributed by atoms with Gasteiger partial charge in [-0.05, 0) is 61.5 Å². The average molecular weight is 546 g/mol. The van der Waals surface area contributed by atoms with Gasteiger partial charge in [-0.15, -0.1) is 0 Å². The molecule has 2 saturated carbocycles. The van der Waals surface area contributed by atoms with Crippen LogP contribution in [-0.4, -0.2) is 78.1 Å². The van der Waals surface area contributed by atoms with E-state index in [-0.39, 0.29) is 42.7 Å². The Balaban J connectivity index is 1.45. The molecule has 0 spiro atoms. The lowest BCUT2D eigenvalue weighted by Gasteiger charge is -2.60. The third-order valence-electron chi connectivity index (χ3n) is 9.58. The van der Waals surface area contributed by atoms with Gasteiger partial charge in [0.1, 0.15) is 11.9 Å². The standard InChI is InChI=1S/C29H43N3O7/c1-18(34)30-20-11-13-32(16-20)26(36)15-22-23(35)8-9-24-28(22,2)12-10-25(29(24,3)17-33)39-27(37)31-19-6-5-7-21(14-19)38-4/h5-7,14,20,22-25,33,35H,8-13,15-17H2,1-4H3,(H,30,34)(H,31,37)/t20-,22+,23+,24?,25+,28-,29-/m0/s1. The van der Waals surface area contributed by atoms with E-state index in [0.717, 1.165) is 6.42 Å². The maximum Gasteiger partial charge on any atom is 0.411 e. The van der Waals surface area contributed by atoms with E-state index in [1.165, 1.54) is 6.92 Å². The molecule has 3 aliphatic rings. The number of nitrogens with zero attached hydrogens (tertiary/aromatic N) is 1. The molecule has 1 saturated heterocycles. The first-order valence-corrected chi connectivity index (χ1v) is 14.0. The summed E-state index contributed by atoms with van der Waals surface area (Å²) in [6.45, 7) is 6.43. The SMILES string of the molecule is COc1cccc(NC(=O)O[C@@H]2CC[C@]3(C)C(CC[C@@H](O)[C@H]3CC(=O)N3CC[C@H](NC(C)=O)C3)[C@]2(C)CO)c1. The van der Waals surface area contributed by atoms with Crippen molar-refractivity contribution in [2.24, 2.45) is 22.7 Å². The molecule has 216 valence electrons. The molecule has 10 heteroatoms. The van der Waals surface area contributed by atoms with Crippen molar-refractivity contribution in [1.29, 1.82) is 0 Å². The van der Waals surface area contributed by atoms with E-state index >= 15 is 0 Å². The van der Waals surface area contributed by atoms with E-state index in [0.29, 0.717) is 50.2 Å².